The van der Waals surface area contributed by atoms with Crippen LogP contribution >= 0.6 is 0 Å². The van der Waals surface area contributed by atoms with E-state index < -0.39 is 23.6 Å². The maximum Gasteiger partial charge on any atom is 0.416 e. The number of carbonyl (C=O) groups is 2. The van der Waals surface area contributed by atoms with Crippen LogP contribution in [0.1, 0.15) is 44.1 Å². The Bertz CT molecular complexity index is 766. The number of carbonyl (C=O) groups excluding carboxylic acids is 2. The smallest absolute Gasteiger partial charge is 0.416 e. The second-order valence-electron chi connectivity index (χ2n) is 7.44. The van der Waals surface area contributed by atoms with E-state index in [1.54, 1.807) is 0 Å². The van der Waals surface area contributed by atoms with Gasteiger partial charge in [-0.1, -0.05) is 32.1 Å². The molecule has 1 aromatic carbocycles. The van der Waals surface area contributed by atoms with Crippen molar-refractivity contribution in [3.05, 3.63) is 41.2 Å². The average molecular weight is 396 g/mol. The van der Waals surface area contributed by atoms with E-state index in [4.69, 9.17) is 0 Å². The Kier molecular flexibility index (Phi) is 5.96. The van der Waals surface area contributed by atoms with Crippen molar-refractivity contribution in [2.24, 2.45) is 11.8 Å². The normalized spacial score (nSPS) is 21.4. The Balaban J connectivity index is 1.72. The topological polar surface area (TPSA) is 78.4 Å². The first kappa shape index (κ1) is 20.2. The van der Waals surface area contributed by atoms with Gasteiger partial charge in [0.25, 0.3) is 11.8 Å². The molecule has 0 aromatic heterocycles. The molecule has 1 heterocycles. The van der Waals surface area contributed by atoms with E-state index in [2.05, 4.69) is 10.6 Å². The predicted molar refractivity (Wildman–Crippen MR) is 97.4 cm³/mol. The molecule has 1 unspecified atom stereocenters. The van der Waals surface area contributed by atoms with Gasteiger partial charge in [-0.2, -0.15) is 13.2 Å². The zero-order valence-corrected chi connectivity index (χ0v) is 15.3. The van der Waals surface area contributed by atoms with Gasteiger partial charge in [0.2, 0.25) is 0 Å². The van der Waals surface area contributed by atoms with Crippen molar-refractivity contribution >= 4 is 17.5 Å². The van der Waals surface area contributed by atoms with E-state index in [9.17, 15) is 27.9 Å². The molecule has 8 heteroatoms. The number of halogens is 3. The number of alkyl halides is 3. The molecule has 3 rings (SSSR count). The van der Waals surface area contributed by atoms with Crippen LogP contribution in [0.15, 0.2) is 35.6 Å². The lowest BCUT2D eigenvalue weighted by Gasteiger charge is -2.29. The summed E-state index contributed by atoms with van der Waals surface area (Å²) in [6.07, 6.45) is 1.88. The number of hydrogen-bond acceptors (Lipinski definition) is 3. The van der Waals surface area contributed by atoms with Crippen LogP contribution in [-0.4, -0.2) is 23.5 Å². The molecule has 0 saturated heterocycles. The number of nitrogens with one attached hydrogen (secondary N) is 2. The fraction of sp³-hybridized carbons (Fsp3) is 0.500. The van der Waals surface area contributed by atoms with Crippen LogP contribution < -0.4 is 10.6 Å². The third-order valence-corrected chi connectivity index (χ3v) is 5.42. The summed E-state index contributed by atoms with van der Waals surface area (Å²) >= 11 is 0. The third kappa shape index (κ3) is 4.66. The zero-order valence-electron chi connectivity index (χ0n) is 15.3. The monoisotopic (exact) mass is 396 g/mol. The van der Waals surface area contributed by atoms with E-state index in [0.29, 0.717) is 12.3 Å². The van der Waals surface area contributed by atoms with Crippen molar-refractivity contribution in [3.8, 4) is 0 Å². The van der Waals surface area contributed by atoms with Crippen molar-refractivity contribution in [1.82, 2.24) is 5.32 Å². The molecule has 0 radical (unpaired) electrons. The van der Waals surface area contributed by atoms with Crippen molar-refractivity contribution < 1.29 is 27.9 Å². The summed E-state index contributed by atoms with van der Waals surface area (Å²) < 4.78 is 37.9. The SMILES string of the molecule is O=C1NCC(CC2CCCCC2)C(O)=C1C(=O)Nc1ccc(C(F)(F)F)cc1. The molecule has 0 bridgehead atoms. The Labute approximate surface area is 161 Å². The van der Waals surface area contributed by atoms with E-state index >= 15 is 0 Å². The van der Waals surface area contributed by atoms with Crippen LogP contribution in [0.25, 0.3) is 0 Å². The van der Waals surface area contributed by atoms with E-state index in [1.165, 1.54) is 6.42 Å². The molecule has 28 heavy (non-hydrogen) atoms. The molecule has 1 atom stereocenters. The van der Waals surface area contributed by atoms with Crippen molar-refractivity contribution in [3.63, 3.8) is 0 Å². The first-order chi connectivity index (χ1) is 13.3. The summed E-state index contributed by atoms with van der Waals surface area (Å²) in [6, 6.07) is 3.91. The number of amides is 2. The molecule has 1 aromatic rings. The quantitative estimate of drug-likeness (QED) is 0.669. The van der Waals surface area contributed by atoms with Crippen LogP contribution in [0.5, 0.6) is 0 Å². The number of aliphatic hydroxyl groups is 1. The van der Waals surface area contributed by atoms with Gasteiger partial charge in [-0.15, -0.1) is 0 Å². The number of anilines is 1. The summed E-state index contributed by atoms with van der Waals surface area (Å²) in [4.78, 5) is 24.6. The van der Waals surface area contributed by atoms with Gasteiger partial charge in [-0.25, -0.2) is 0 Å². The molecule has 1 saturated carbocycles. The summed E-state index contributed by atoms with van der Waals surface area (Å²) in [6.45, 7) is 0.276. The minimum Gasteiger partial charge on any atom is -0.511 e. The Morgan fingerprint density at radius 1 is 1.14 bits per heavy atom. The lowest BCUT2D eigenvalue weighted by atomic mass is 9.80. The molecule has 3 N–H and O–H groups in total. The largest absolute Gasteiger partial charge is 0.511 e. The Morgan fingerprint density at radius 2 is 1.79 bits per heavy atom. The number of benzene rings is 1. The maximum absolute atomic E-state index is 12.6. The molecule has 1 aliphatic heterocycles. The molecule has 1 aliphatic carbocycles. The molecule has 0 spiro atoms. The van der Waals surface area contributed by atoms with Crippen molar-refractivity contribution in [2.45, 2.75) is 44.7 Å². The van der Waals surface area contributed by atoms with Crippen LogP contribution in [0.4, 0.5) is 18.9 Å². The highest BCUT2D eigenvalue weighted by molar-refractivity contribution is 6.23. The second-order valence-corrected chi connectivity index (χ2v) is 7.44. The molecule has 2 aliphatic rings. The van der Waals surface area contributed by atoms with Gasteiger partial charge in [0.1, 0.15) is 11.3 Å². The van der Waals surface area contributed by atoms with Crippen LogP contribution in [0, 0.1) is 11.8 Å². The highest BCUT2D eigenvalue weighted by Gasteiger charge is 2.34. The molecular formula is C20H23F3N2O3. The lowest BCUT2D eigenvalue weighted by Crippen LogP contribution is -2.42. The maximum atomic E-state index is 12.6. The third-order valence-electron chi connectivity index (χ3n) is 5.42. The molecule has 1 fully saturated rings. The van der Waals surface area contributed by atoms with Gasteiger partial charge >= 0.3 is 6.18 Å². The number of aliphatic hydroxyl groups excluding tert-OH is 1. The summed E-state index contributed by atoms with van der Waals surface area (Å²) in [7, 11) is 0. The van der Waals surface area contributed by atoms with Gasteiger partial charge in [0, 0.05) is 18.2 Å². The molecular weight excluding hydrogens is 373 g/mol. The molecule has 2 amide bonds. The standard InChI is InChI=1S/C20H23F3N2O3/c21-20(22,23)14-6-8-15(9-7-14)25-19(28)16-17(26)13(11-24-18(16)27)10-12-4-2-1-3-5-12/h6-9,12-13,26H,1-5,10-11H2,(H,24,27)(H,25,28). The minimum absolute atomic E-state index is 0.112. The predicted octanol–water partition coefficient (Wildman–Crippen LogP) is 4.17. The van der Waals surface area contributed by atoms with E-state index in [1.807, 2.05) is 0 Å². The lowest BCUT2D eigenvalue weighted by molar-refractivity contribution is -0.137. The highest BCUT2D eigenvalue weighted by atomic mass is 19.4. The van der Waals surface area contributed by atoms with E-state index in [-0.39, 0.29) is 29.5 Å². The van der Waals surface area contributed by atoms with Gasteiger partial charge in [0.05, 0.1) is 5.56 Å². The van der Waals surface area contributed by atoms with Gasteiger partial charge in [-0.05, 0) is 36.6 Å². The van der Waals surface area contributed by atoms with Gasteiger partial charge in [0.15, 0.2) is 0 Å². The van der Waals surface area contributed by atoms with Gasteiger partial charge < -0.3 is 15.7 Å². The Hall–Kier alpha value is -2.51. The summed E-state index contributed by atoms with van der Waals surface area (Å²) in [5.74, 6) is -1.62. The van der Waals surface area contributed by atoms with Crippen molar-refractivity contribution in [2.75, 3.05) is 11.9 Å². The fourth-order valence-electron chi connectivity index (χ4n) is 3.90. The van der Waals surface area contributed by atoms with Crippen LogP contribution in [0.2, 0.25) is 0 Å². The van der Waals surface area contributed by atoms with Gasteiger partial charge in [-0.3, -0.25) is 9.59 Å². The van der Waals surface area contributed by atoms with E-state index in [0.717, 1.165) is 49.9 Å². The molecule has 152 valence electrons. The van der Waals surface area contributed by atoms with Crippen LogP contribution in [-0.2, 0) is 15.8 Å². The summed E-state index contributed by atoms with van der Waals surface area (Å²) in [5.41, 5.74) is -1.09. The van der Waals surface area contributed by atoms with Crippen LogP contribution in [0.3, 0.4) is 0 Å². The first-order valence-corrected chi connectivity index (χ1v) is 9.45. The molecule has 5 nitrogen and oxygen atoms in total. The fourth-order valence-corrected chi connectivity index (χ4v) is 3.90. The first-order valence-electron chi connectivity index (χ1n) is 9.45. The second kappa shape index (κ2) is 8.24. The van der Waals surface area contributed by atoms with Crippen molar-refractivity contribution in [1.29, 1.82) is 0 Å². The summed E-state index contributed by atoms with van der Waals surface area (Å²) in [5, 5.41) is 15.6. The number of hydrogen-bond donors (Lipinski definition) is 3. The average Bonchev–Trinajstić information content (AvgIpc) is 2.65. The highest BCUT2D eigenvalue weighted by Crippen LogP contribution is 2.33. The zero-order chi connectivity index (χ0) is 20.3. The Morgan fingerprint density at radius 3 is 2.39 bits per heavy atom. The number of rotatable bonds is 4. The minimum atomic E-state index is -4.47.